The molecular weight excluding hydrogens is 256 g/mol. The Morgan fingerprint density at radius 2 is 2.11 bits per heavy atom. The SMILES string of the molecule is CCc1nnc(NC(C)c2cc(F)ccc2F)s1. The van der Waals surface area contributed by atoms with Crippen LogP contribution < -0.4 is 5.32 Å². The number of aryl methyl sites for hydroxylation is 1. The van der Waals surface area contributed by atoms with Gasteiger partial charge in [0.1, 0.15) is 16.6 Å². The van der Waals surface area contributed by atoms with Crippen LogP contribution in [0.1, 0.15) is 30.5 Å². The van der Waals surface area contributed by atoms with Gasteiger partial charge in [0.25, 0.3) is 0 Å². The molecule has 0 aliphatic heterocycles. The van der Waals surface area contributed by atoms with E-state index in [1.54, 1.807) is 6.92 Å². The third-order valence-corrected chi connectivity index (χ3v) is 3.53. The minimum atomic E-state index is -0.452. The van der Waals surface area contributed by atoms with E-state index < -0.39 is 11.6 Å². The summed E-state index contributed by atoms with van der Waals surface area (Å²) < 4.78 is 26.6. The highest BCUT2D eigenvalue weighted by Gasteiger charge is 2.13. The minimum absolute atomic E-state index is 0.281. The Balaban J connectivity index is 2.16. The maximum atomic E-state index is 13.6. The van der Waals surface area contributed by atoms with Crippen molar-refractivity contribution < 1.29 is 8.78 Å². The molecular formula is C12H13F2N3S. The van der Waals surface area contributed by atoms with Crippen LogP contribution in [-0.4, -0.2) is 10.2 Å². The highest BCUT2D eigenvalue weighted by atomic mass is 32.1. The highest BCUT2D eigenvalue weighted by molar-refractivity contribution is 7.15. The number of anilines is 1. The summed E-state index contributed by atoms with van der Waals surface area (Å²) in [7, 11) is 0. The van der Waals surface area contributed by atoms with Gasteiger partial charge in [-0.1, -0.05) is 18.3 Å². The van der Waals surface area contributed by atoms with E-state index in [0.717, 1.165) is 23.6 Å². The van der Waals surface area contributed by atoms with E-state index >= 15 is 0 Å². The maximum absolute atomic E-state index is 13.6. The van der Waals surface area contributed by atoms with Gasteiger partial charge in [0.05, 0.1) is 6.04 Å². The van der Waals surface area contributed by atoms with E-state index in [2.05, 4.69) is 15.5 Å². The number of hydrogen-bond acceptors (Lipinski definition) is 4. The Morgan fingerprint density at radius 3 is 2.78 bits per heavy atom. The second-order valence-corrected chi connectivity index (χ2v) is 4.95. The van der Waals surface area contributed by atoms with Crippen molar-refractivity contribution in [1.82, 2.24) is 10.2 Å². The largest absolute Gasteiger partial charge is 0.353 e. The summed E-state index contributed by atoms with van der Waals surface area (Å²) in [6.07, 6.45) is 0.808. The summed E-state index contributed by atoms with van der Waals surface area (Å²) in [6.45, 7) is 3.74. The lowest BCUT2D eigenvalue weighted by Gasteiger charge is -2.13. The molecule has 1 heterocycles. The van der Waals surface area contributed by atoms with Gasteiger partial charge in [-0.3, -0.25) is 0 Å². The van der Waals surface area contributed by atoms with Crippen molar-refractivity contribution in [2.45, 2.75) is 26.3 Å². The molecule has 0 spiro atoms. The van der Waals surface area contributed by atoms with Crippen molar-refractivity contribution in [3.63, 3.8) is 0 Å². The molecule has 0 saturated carbocycles. The average Bonchev–Trinajstić information content (AvgIpc) is 2.80. The molecule has 0 amide bonds. The Morgan fingerprint density at radius 1 is 1.33 bits per heavy atom. The fourth-order valence-corrected chi connectivity index (χ4v) is 2.33. The molecule has 0 aliphatic rings. The average molecular weight is 269 g/mol. The van der Waals surface area contributed by atoms with Crippen molar-refractivity contribution in [2.24, 2.45) is 0 Å². The van der Waals surface area contributed by atoms with E-state index in [1.165, 1.54) is 17.4 Å². The van der Waals surface area contributed by atoms with Gasteiger partial charge >= 0.3 is 0 Å². The van der Waals surface area contributed by atoms with Gasteiger partial charge in [0, 0.05) is 5.56 Å². The van der Waals surface area contributed by atoms with Crippen LogP contribution >= 0.6 is 11.3 Å². The van der Waals surface area contributed by atoms with Crippen molar-refractivity contribution in [1.29, 1.82) is 0 Å². The van der Waals surface area contributed by atoms with Crippen LogP contribution in [0.25, 0.3) is 0 Å². The predicted molar refractivity (Wildman–Crippen MR) is 67.7 cm³/mol. The zero-order valence-electron chi connectivity index (χ0n) is 10.1. The minimum Gasteiger partial charge on any atom is -0.353 e. The zero-order valence-corrected chi connectivity index (χ0v) is 10.9. The molecule has 2 rings (SSSR count). The molecule has 18 heavy (non-hydrogen) atoms. The number of hydrogen-bond donors (Lipinski definition) is 1. The molecule has 0 aliphatic carbocycles. The third-order valence-electron chi connectivity index (χ3n) is 2.53. The zero-order chi connectivity index (χ0) is 13.1. The summed E-state index contributed by atoms with van der Waals surface area (Å²) in [5.74, 6) is -0.886. The van der Waals surface area contributed by atoms with Gasteiger partial charge in [-0.2, -0.15) is 0 Å². The van der Waals surface area contributed by atoms with Crippen LogP contribution in [-0.2, 0) is 6.42 Å². The van der Waals surface area contributed by atoms with E-state index in [4.69, 9.17) is 0 Å². The number of nitrogens with zero attached hydrogens (tertiary/aromatic N) is 2. The van der Waals surface area contributed by atoms with Crippen LogP contribution in [0.5, 0.6) is 0 Å². The predicted octanol–water partition coefficient (Wildman–Crippen LogP) is 3.55. The van der Waals surface area contributed by atoms with E-state index in [1.807, 2.05) is 6.92 Å². The molecule has 3 nitrogen and oxygen atoms in total. The lowest BCUT2D eigenvalue weighted by molar-refractivity contribution is 0.577. The summed E-state index contributed by atoms with van der Waals surface area (Å²) >= 11 is 1.42. The van der Waals surface area contributed by atoms with Crippen molar-refractivity contribution >= 4 is 16.5 Å². The fourth-order valence-electron chi connectivity index (χ4n) is 1.56. The van der Waals surface area contributed by atoms with Gasteiger partial charge in [-0.05, 0) is 31.5 Å². The quantitative estimate of drug-likeness (QED) is 0.922. The number of halogens is 2. The molecule has 6 heteroatoms. The molecule has 0 fully saturated rings. The number of rotatable bonds is 4. The monoisotopic (exact) mass is 269 g/mol. The van der Waals surface area contributed by atoms with Crippen LogP contribution in [0.2, 0.25) is 0 Å². The van der Waals surface area contributed by atoms with Gasteiger partial charge in [0.15, 0.2) is 0 Å². The molecule has 1 aromatic carbocycles. The Labute approximate surface area is 108 Å². The van der Waals surface area contributed by atoms with Gasteiger partial charge in [0.2, 0.25) is 5.13 Å². The smallest absolute Gasteiger partial charge is 0.206 e. The second-order valence-electron chi connectivity index (χ2n) is 3.89. The van der Waals surface area contributed by atoms with E-state index in [0.29, 0.717) is 5.13 Å². The van der Waals surface area contributed by atoms with Crippen LogP contribution in [0.4, 0.5) is 13.9 Å². The first-order valence-electron chi connectivity index (χ1n) is 5.64. The normalized spacial score (nSPS) is 12.4. The van der Waals surface area contributed by atoms with Crippen molar-refractivity contribution in [3.05, 3.63) is 40.4 Å². The molecule has 0 radical (unpaired) electrons. The summed E-state index contributed by atoms with van der Waals surface area (Å²) in [5.41, 5.74) is 0.281. The van der Waals surface area contributed by atoms with Gasteiger partial charge < -0.3 is 5.32 Å². The lowest BCUT2D eigenvalue weighted by atomic mass is 10.1. The van der Waals surface area contributed by atoms with Crippen LogP contribution in [0.15, 0.2) is 18.2 Å². The maximum Gasteiger partial charge on any atom is 0.206 e. The van der Waals surface area contributed by atoms with Crippen molar-refractivity contribution in [3.8, 4) is 0 Å². The van der Waals surface area contributed by atoms with Crippen molar-refractivity contribution in [2.75, 3.05) is 5.32 Å². The number of nitrogens with one attached hydrogen (secondary N) is 1. The molecule has 1 N–H and O–H groups in total. The lowest BCUT2D eigenvalue weighted by Crippen LogP contribution is -2.08. The Kier molecular flexibility index (Phi) is 3.86. The number of benzene rings is 1. The highest BCUT2D eigenvalue weighted by Crippen LogP contribution is 2.24. The number of aromatic nitrogens is 2. The van der Waals surface area contributed by atoms with E-state index in [-0.39, 0.29) is 11.6 Å². The molecule has 96 valence electrons. The fraction of sp³-hybridized carbons (Fsp3) is 0.333. The first-order valence-corrected chi connectivity index (χ1v) is 6.45. The standard InChI is InChI=1S/C12H13F2N3S/c1-3-11-16-17-12(18-11)15-7(2)9-6-8(13)4-5-10(9)14/h4-7H,3H2,1-2H3,(H,15,17). The topological polar surface area (TPSA) is 37.8 Å². The van der Waals surface area contributed by atoms with E-state index in [9.17, 15) is 8.78 Å². The summed E-state index contributed by atoms with van der Waals surface area (Å²) in [4.78, 5) is 0. The molecule has 0 saturated heterocycles. The molecule has 2 aromatic rings. The molecule has 1 atom stereocenters. The van der Waals surface area contributed by atoms with Crippen LogP contribution in [0, 0.1) is 11.6 Å². The molecule has 1 aromatic heterocycles. The first kappa shape index (κ1) is 12.9. The molecule has 1 unspecified atom stereocenters. The summed E-state index contributed by atoms with van der Waals surface area (Å²) in [5, 5.41) is 12.4. The summed E-state index contributed by atoms with van der Waals surface area (Å²) in [6, 6.07) is 3.05. The molecule has 0 bridgehead atoms. The Bertz CT molecular complexity index is 542. The Hall–Kier alpha value is -1.56. The first-order chi connectivity index (χ1) is 8.60. The van der Waals surface area contributed by atoms with Gasteiger partial charge in [-0.25, -0.2) is 8.78 Å². The van der Waals surface area contributed by atoms with Gasteiger partial charge in [-0.15, -0.1) is 10.2 Å². The second kappa shape index (κ2) is 5.39. The van der Waals surface area contributed by atoms with Crippen LogP contribution in [0.3, 0.4) is 0 Å². The third kappa shape index (κ3) is 2.81.